The summed E-state index contributed by atoms with van der Waals surface area (Å²) in [5, 5.41) is -0.135. The van der Waals surface area contributed by atoms with Crippen molar-refractivity contribution in [2.45, 2.75) is 95.9 Å². The fourth-order valence-electron chi connectivity index (χ4n) is 5.00. The molecule has 4 rings (SSSR count). The zero-order chi connectivity index (χ0) is 31.5. The highest BCUT2D eigenvalue weighted by atomic mass is 32.2. The van der Waals surface area contributed by atoms with Gasteiger partial charge in [0.1, 0.15) is 22.7 Å². The predicted molar refractivity (Wildman–Crippen MR) is 168 cm³/mol. The molecule has 0 bridgehead atoms. The number of ether oxygens (including phenoxy) is 1. The fourth-order valence-corrected chi connectivity index (χ4v) is 8.97. The average Bonchev–Trinajstić information content (AvgIpc) is 3.29. The molecule has 2 aliphatic heterocycles. The van der Waals surface area contributed by atoms with E-state index in [1.807, 2.05) is 20.0 Å². The molecule has 1 aromatic carbocycles. The van der Waals surface area contributed by atoms with Gasteiger partial charge in [-0.1, -0.05) is 58.0 Å². The van der Waals surface area contributed by atoms with Gasteiger partial charge in [-0.2, -0.15) is 4.72 Å². The Morgan fingerprint density at radius 2 is 1.74 bits per heavy atom. The summed E-state index contributed by atoms with van der Waals surface area (Å²) in [5.41, 5.74) is 4.87. The minimum absolute atomic E-state index is 0.00331. The number of nitrogens with one attached hydrogen (secondary N) is 2. The molecule has 14 heteroatoms. The van der Waals surface area contributed by atoms with Crippen molar-refractivity contribution < 1.29 is 22.0 Å². The number of sulfonamides is 1. The number of H-pyrrole nitrogens is 1. The molecule has 2 aliphatic rings. The Labute approximate surface area is 249 Å². The SMILES string of the molecule is CC[Si](C)(C)O[C@H]1C(n2cc(C)c(=O)[nH]c2=O)OC(CO[Si](C)(C)C(C)(C)C)[C@@]12NS(=O)(=O)C(c1ccccc1)=C2N. The number of nitrogens with zero attached hydrogens (tertiary/aromatic N) is 1. The molecule has 0 saturated carbocycles. The Morgan fingerprint density at radius 1 is 1.12 bits per heavy atom. The molecule has 1 fully saturated rings. The van der Waals surface area contributed by atoms with Crippen molar-refractivity contribution in [2.75, 3.05) is 6.61 Å². The van der Waals surface area contributed by atoms with Crippen LogP contribution >= 0.6 is 0 Å². The highest BCUT2D eigenvalue weighted by Gasteiger charge is 2.67. The lowest BCUT2D eigenvalue weighted by Gasteiger charge is -2.41. The maximum Gasteiger partial charge on any atom is 0.330 e. The van der Waals surface area contributed by atoms with Crippen molar-refractivity contribution in [3.05, 3.63) is 74.2 Å². The number of hydrogen-bond acceptors (Lipinski definition) is 8. The molecular formula is C28H44N4O7SSi2. The second-order valence-corrected chi connectivity index (χ2v) is 24.2. The highest BCUT2D eigenvalue weighted by molar-refractivity contribution is 7.99. The van der Waals surface area contributed by atoms with Crippen LogP contribution in [0.5, 0.6) is 0 Å². The van der Waals surface area contributed by atoms with Crippen molar-refractivity contribution in [1.82, 2.24) is 14.3 Å². The van der Waals surface area contributed by atoms with Crippen molar-refractivity contribution in [3.63, 3.8) is 0 Å². The highest BCUT2D eigenvalue weighted by Crippen LogP contribution is 2.50. The first kappa shape index (κ1) is 32.6. The average molecular weight is 637 g/mol. The third kappa shape index (κ3) is 5.65. The normalized spacial score (nSPS) is 26.4. The summed E-state index contributed by atoms with van der Waals surface area (Å²) in [6.45, 7) is 18.1. The van der Waals surface area contributed by atoms with Crippen LogP contribution in [0.4, 0.5) is 0 Å². The molecule has 2 unspecified atom stereocenters. The second-order valence-electron chi connectivity index (χ2n) is 13.3. The Balaban J connectivity index is 2.00. The number of aryl methyl sites for hydroxylation is 1. The first-order valence-corrected chi connectivity index (χ1v) is 21.7. The van der Waals surface area contributed by atoms with Crippen molar-refractivity contribution in [2.24, 2.45) is 5.73 Å². The predicted octanol–water partition coefficient (Wildman–Crippen LogP) is 3.37. The van der Waals surface area contributed by atoms with E-state index in [1.54, 1.807) is 37.3 Å². The van der Waals surface area contributed by atoms with Crippen LogP contribution in [0, 0.1) is 6.92 Å². The van der Waals surface area contributed by atoms with Crippen LogP contribution in [0.1, 0.15) is 45.0 Å². The molecule has 232 valence electrons. The summed E-state index contributed by atoms with van der Waals surface area (Å²) < 4.78 is 52.0. The molecular weight excluding hydrogens is 593 g/mol. The van der Waals surface area contributed by atoms with Crippen molar-refractivity contribution >= 4 is 31.6 Å². The maximum absolute atomic E-state index is 13.9. The quantitative estimate of drug-likeness (QED) is 0.373. The standard InChI is InChI=1S/C28H44N4O7SSi2/c1-10-41(6,7)39-23-25(32-16-18(2)24(33)30-26(32)34)38-20(17-37-42(8,9)27(3,4)5)28(23)22(29)21(40(35,36)31-28)19-14-12-11-13-15-19/h11-16,20,23,25,31H,10,17,29H2,1-9H3,(H,30,33,34)/t20?,23-,25?,28-/m0/s1. The number of hydrogen-bond donors (Lipinski definition) is 3. The lowest BCUT2D eigenvalue weighted by atomic mass is 9.85. The van der Waals surface area contributed by atoms with Gasteiger partial charge in [-0.05, 0) is 49.8 Å². The van der Waals surface area contributed by atoms with E-state index in [2.05, 4.69) is 43.6 Å². The van der Waals surface area contributed by atoms with Crippen molar-refractivity contribution in [1.29, 1.82) is 0 Å². The Hall–Kier alpha value is -2.34. The fraction of sp³-hybridized carbons (Fsp3) is 0.571. The van der Waals surface area contributed by atoms with Gasteiger partial charge in [-0.15, -0.1) is 0 Å². The van der Waals surface area contributed by atoms with E-state index < -0.39 is 61.9 Å². The first-order valence-electron chi connectivity index (χ1n) is 14.2. The molecule has 4 N–H and O–H groups in total. The van der Waals surface area contributed by atoms with E-state index in [0.29, 0.717) is 17.2 Å². The van der Waals surface area contributed by atoms with Gasteiger partial charge in [0, 0.05) is 11.8 Å². The topological polar surface area (TPSA) is 155 Å². The molecule has 1 aromatic heterocycles. The lowest BCUT2D eigenvalue weighted by molar-refractivity contribution is -0.0491. The molecule has 3 heterocycles. The summed E-state index contributed by atoms with van der Waals surface area (Å²) in [6.07, 6.45) is -1.71. The molecule has 0 radical (unpaired) electrons. The van der Waals surface area contributed by atoms with Crippen LogP contribution in [0.2, 0.25) is 37.3 Å². The van der Waals surface area contributed by atoms with Gasteiger partial charge < -0.3 is 19.3 Å². The molecule has 0 aliphatic carbocycles. The maximum atomic E-state index is 13.9. The third-order valence-electron chi connectivity index (χ3n) is 8.94. The zero-order valence-electron chi connectivity index (χ0n) is 25.9. The number of nitrogens with two attached hydrogens (primary N) is 1. The van der Waals surface area contributed by atoms with E-state index in [9.17, 15) is 18.0 Å². The van der Waals surface area contributed by atoms with Gasteiger partial charge in [-0.25, -0.2) is 13.2 Å². The van der Waals surface area contributed by atoms with Crippen molar-refractivity contribution in [3.8, 4) is 0 Å². The van der Waals surface area contributed by atoms with E-state index in [4.69, 9.17) is 19.3 Å². The molecule has 42 heavy (non-hydrogen) atoms. The molecule has 0 amide bonds. The summed E-state index contributed by atoms with van der Waals surface area (Å²) in [4.78, 5) is 27.7. The Kier molecular flexibility index (Phi) is 8.52. The Morgan fingerprint density at radius 3 is 2.31 bits per heavy atom. The van der Waals surface area contributed by atoms with Gasteiger partial charge in [0.2, 0.25) is 10.0 Å². The third-order valence-corrected chi connectivity index (χ3v) is 17.6. The molecule has 11 nitrogen and oxygen atoms in total. The first-order chi connectivity index (χ1) is 19.3. The van der Waals surface area contributed by atoms with Crippen LogP contribution < -0.4 is 21.7 Å². The van der Waals surface area contributed by atoms with Crippen LogP contribution in [-0.4, -0.2) is 59.0 Å². The van der Waals surface area contributed by atoms with Gasteiger partial charge in [0.05, 0.1) is 12.3 Å². The minimum atomic E-state index is -4.15. The summed E-state index contributed by atoms with van der Waals surface area (Å²) in [6, 6.07) is 9.36. The minimum Gasteiger partial charge on any atom is -0.414 e. The van der Waals surface area contributed by atoms with Crippen LogP contribution in [-0.2, 0) is 23.6 Å². The van der Waals surface area contributed by atoms with Crippen LogP contribution in [0.15, 0.2) is 51.8 Å². The second kappa shape index (κ2) is 11.0. The summed E-state index contributed by atoms with van der Waals surface area (Å²) >= 11 is 0. The van der Waals surface area contributed by atoms with E-state index >= 15 is 0 Å². The van der Waals surface area contributed by atoms with Gasteiger partial charge in [0.15, 0.2) is 22.9 Å². The lowest BCUT2D eigenvalue weighted by Crippen LogP contribution is -2.63. The van der Waals surface area contributed by atoms with E-state index in [-0.39, 0.29) is 22.2 Å². The zero-order valence-corrected chi connectivity index (χ0v) is 28.7. The molecule has 2 aromatic rings. The smallest absolute Gasteiger partial charge is 0.330 e. The van der Waals surface area contributed by atoms with E-state index in [0.717, 1.165) is 0 Å². The molecule has 1 spiro atoms. The number of benzene rings is 1. The number of aromatic nitrogens is 2. The monoisotopic (exact) mass is 636 g/mol. The van der Waals surface area contributed by atoms with Crippen LogP contribution in [0.3, 0.4) is 0 Å². The van der Waals surface area contributed by atoms with Gasteiger partial charge >= 0.3 is 5.69 Å². The number of rotatable bonds is 8. The van der Waals surface area contributed by atoms with E-state index in [1.165, 1.54) is 10.8 Å². The van der Waals surface area contributed by atoms with Gasteiger partial charge in [0.25, 0.3) is 5.56 Å². The van der Waals surface area contributed by atoms with Crippen LogP contribution in [0.25, 0.3) is 4.91 Å². The van der Waals surface area contributed by atoms with Gasteiger partial charge in [-0.3, -0.25) is 14.3 Å². The summed E-state index contributed by atoms with van der Waals surface area (Å²) in [7, 11) is -8.96. The largest absolute Gasteiger partial charge is 0.414 e. The Bertz CT molecular complexity index is 1600. The molecule has 4 atom stereocenters. The number of aromatic amines is 1. The summed E-state index contributed by atoms with van der Waals surface area (Å²) in [5.74, 6) is 0. The molecule has 1 saturated heterocycles.